The van der Waals surface area contributed by atoms with E-state index in [-0.39, 0.29) is 12.7 Å². The maximum absolute atomic E-state index is 10.4. The van der Waals surface area contributed by atoms with Gasteiger partial charge in [-0.15, -0.1) is 0 Å². The lowest BCUT2D eigenvalue weighted by Crippen LogP contribution is -1.98. The largest absolute Gasteiger partial charge is 0.497 e. The van der Waals surface area contributed by atoms with Crippen LogP contribution in [0, 0.1) is 0 Å². The van der Waals surface area contributed by atoms with E-state index in [9.17, 15) is 4.79 Å². The molecular formula is C11H13NO3. The van der Waals surface area contributed by atoms with E-state index in [2.05, 4.69) is 9.73 Å². The first kappa shape index (κ1) is 11.2. The Balaban J connectivity index is 2.46. The van der Waals surface area contributed by atoms with E-state index < -0.39 is 0 Å². The van der Waals surface area contributed by atoms with Crippen LogP contribution < -0.4 is 4.74 Å². The smallest absolute Gasteiger partial charge is 0.304 e. The first-order chi connectivity index (χ1) is 7.22. The summed E-state index contributed by atoms with van der Waals surface area (Å²) in [6.07, 6.45) is 1.64. The second kappa shape index (κ2) is 5.80. The summed E-state index contributed by atoms with van der Waals surface area (Å²) in [7, 11) is 1.61. The highest BCUT2D eigenvalue weighted by Crippen LogP contribution is 2.09. The van der Waals surface area contributed by atoms with Gasteiger partial charge in [0.05, 0.1) is 7.11 Å². The minimum atomic E-state index is -0.332. The lowest BCUT2D eigenvalue weighted by molar-refractivity contribution is -0.140. The first-order valence-electron chi connectivity index (χ1n) is 4.49. The number of ether oxygens (including phenoxy) is 2. The Morgan fingerprint density at radius 1 is 1.40 bits per heavy atom. The molecule has 0 aromatic heterocycles. The predicted octanol–water partition coefficient (Wildman–Crippen LogP) is 1.63. The van der Waals surface area contributed by atoms with Crippen LogP contribution in [0.25, 0.3) is 0 Å². The fraction of sp³-hybridized carbons (Fsp3) is 0.273. The second-order valence-corrected chi connectivity index (χ2v) is 2.85. The van der Waals surface area contributed by atoms with Crippen LogP contribution in [0.15, 0.2) is 29.3 Å². The maximum atomic E-state index is 10.4. The number of hydrogen-bond donors (Lipinski definition) is 0. The molecule has 0 aliphatic rings. The van der Waals surface area contributed by atoms with Crippen molar-refractivity contribution in [1.29, 1.82) is 0 Å². The third-order valence-corrected chi connectivity index (χ3v) is 1.70. The van der Waals surface area contributed by atoms with Crippen LogP contribution in [0.2, 0.25) is 0 Å². The highest BCUT2D eigenvalue weighted by Gasteiger charge is 1.91. The van der Waals surface area contributed by atoms with Gasteiger partial charge in [0.25, 0.3) is 0 Å². The molecule has 1 rings (SSSR count). The number of carbonyl (C=O) groups is 1. The topological polar surface area (TPSA) is 47.9 Å². The highest BCUT2D eigenvalue weighted by molar-refractivity contribution is 5.79. The van der Waals surface area contributed by atoms with Crippen LogP contribution in [0.5, 0.6) is 5.75 Å². The minimum Gasteiger partial charge on any atom is -0.497 e. The summed E-state index contributed by atoms with van der Waals surface area (Å²) in [4.78, 5) is 14.4. The van der Waals surface area contributed by atoms with Crippen LogP contribution in [0.4, 0.5) is 0 Å². The number of hydrogen-bond acceptors (Lipinski definition) is 4. The molecule has 0 spiro atoms. The molecule has 0 bridgehead atoms. The zero-order valence-electron chi connectivity index (χ0n) is 8.77. The molecule has 0 amide bonds. The number of aliphatic imine (C=N–C) groups is 1. The van der Waals surface area contributed by atoms with Crippen molar-refractivity contribution in [3.8, 4) is 5.75 Å². The minimum absolute atomic E-state index is 0.0569. The van der Waals surface area contributed by atoms with Gasteiger partial charge in [0.1, 0.15) is 5.75 Å². The molecule has 0 unspecified atom stereocenters. The van der Waals surface area contributed by atoms with Crippen molar-refractivity contribution in [2.24, 2.45) is 4.99 Å². The van der Waals surface area contributed by atoms with Gasteiger partial charge in [0.2, 0.25) is 0 Å². The van der Waals surface area contributed by atoms with Crippen LogP contribution in [-0.4, -0.2) is 26.0 Å². The van der Waals surface area contributed by atoms with E-state index in [4.69, 9.17) is 4.74 Å². The van der Waals surface area contributed by atoms with E-state index in [0.29, 0.717) is 0 Å². The van der Waals surface area contributed by atoms with Crippen molar-refractivity contribution in [3.63, 3.8) is 0 Å². The standard InChI is InChI=1S/C11H13NO3/c1-9(13)15-8-12-7-10-3-5-11(14-2)6-4-10/h3-7H,8H2,1-2H3/b12-7+. The average Bonchev–Trinajstić information content (AvgIpc) is 2.25. The molecule has 0 aliphatic carbocycles. The quantitative estimate of drug-likeness (QED) is 0.557. The summed E-state index contributed by atoms with van der Waals surface area (Å²) in [6, 6.07) is 7.42. The zero-order valence-corrected chi connectivity index (χ0v) is 8.77. The van der Waals surface area contributed by atoms with Crippen molar-refractivity contribution >= 4 is 12.2 Å². The number of rotatable bonds is 4. The van der Waals surface area contributed by atoms with Crippen LogP contribution in [0.3, 0.4) is 0 Å². The van der Waals surface area contributed by atoms with Gasteiger partial charge in [-0.1, -0.05) is 0 Å². The van der Waals surface area contributed by atoms with Crippen molar-refractivity contribution in [2.75, 3.05) is 13.8 Å². The van der Waals surface area contributed by atoms with Gasteiger partial charge in [-0.05, 0) is 29.8 Å². The van der Waals surface area contributed by atoms with Crippen molar-refractivity contribution in [2.45, 2.75) is 6.92 Å². The molecule has 4 heteroatoms. The molecule has 0 saturated heterocycles. The summed E-state index contributed by atoms with van der Waals surface area (Å²) in [6.45, 7) is 1.41. The summed E-state index contributed by atoms with van der Waals surface area (Å²) < 4.78 is 9.66. The molecule has 4 nitrogen and oxygen atoms in total. The number of esters is 1. The van der Waals surface area contributed by atoms with Gasteiger partial charge < -0.3 is 9.47 Å². The van der Waals surface area contributed by atoms with Crippen LogP contribution in [0.1, 0.15) is 12.5 Å². The van der Waals surface area contributed by atoms with Crippen LogP contribution >= 0.6 is 0 Å². The number of methoxy groups -OCH3 is 1. The SMILES string of the molecule is COc1ccc(/C=N/COC(C)=O)cc1. The van der Waals surface area contributed by atoms with E-state index in [1.165, 1.54) is 6.92 Å². The fourth-order valence-corrected chi connectivity index (χ4v) is 0.961. The Morgan fingerprint density at radius 3 is 2.60 bits per heavy atom. The van der Waals surface area contributed by atoms with E-state index in [1.807, 2.05) is 24.3 Å². The lowest BCUT2D eigenvalue weighted by atomic mass is 10.2. The highest BCUT2D eigenvalue weighted by atomic mass is 16.5. The molecule has 1 aromatic rings. The van der Waals surface area contributed by atoms with E-state index >= 15 is 0 Å². The van der Waals surface area contributed by atoms with Crippen LogP contribution in [-0.2, 0) is 9.53 Å². The Bertz CT molecular complexity index is 343. The molecule has 0 aliphatic heterocycles. The zero-order chi connectivity index (χ0) is 11.1. The Hall–Kier alpha value is -1.84. The molecule has 0 heterocycles. The number of nitrogens with zero attached hydrogens (tertiary/aromatic N) is 1. The Kier molecular flexibility index (Phi) is 4.34. The molecule has 0 saturated carbocycles. The molecule has 80 valence electrons. The van der Waals surface area contributed by atoms with Crippen molar-refractivity contribution in [3.05, 3.63) is 29.8 Å². The molecule has 15 heavy (non-hydrogen) atoms. The predicted molar refractivity (Wildman–Crippen MR) is 57.2 cm³/mol. The number of benzene rings is 1. The van der Waals surface area contributed by atoms with E-state index in [0.717, 1.165) is 11.3 Å². The van der Waals surface area contributed by atoms with Gasteiger partial charge >= 0.3 is 5.97 Å². The lowest BCUT2D eigenvalue weighted by Gasteiger charge is -1.99. The van der Waals surface area contributed by atoms with Gasteiger partial charge in [-0.25, -0.2) is 0 Å². The van der Waals surface area contributed by atoms with Gasteiger partial charge in [-0.3, -0.25) is 9.79 Å². The molecule has 0 fully saturated rings. The molecular weight excluding hydrogens is 194 g/mol. The fourth-order valence-electron chi connectivity index (χ4n) is 0.961. The summed E-state index contributed by atoms with van der Waals surface area (Å²) >= 11 is 0. The van der Waals surface area contributed by atoms with Crippen molar-refractivity contribution in [1.82, 2.24) is 0 Å². The molecule has 0 atom stereocenters. The second-order valence-electron chi connectivity index (χ2n) is 2.85. The van der Waals surface area contributed by atoms with E-state index in [1.54, 1.807) is 13.3 Å². The third kappa shape index (κ3) is 4.26. The Labute approximate surface area is 88.5 Å². The third-order valence-electron chi connectivity index (χ3n) is 1.70. The summed E-state index contributed by atoms with van der Waals surface area (Å²) in [5.41, 5.74) is 0.933. The average molecular weight is 207 g/mol. The molecule has 0 N–H and O–H groups in total. The molecule has 1 aromatic carbocycles. The van der Waals surface area contributed by atoms with Gasteiger partial charge in [0, 0.05) is 13.1 Å². The summed E-state index contributed by atoms with van der Waals surface area (Å²) in [5, 5.41) is 0. The molecule has 0 radical (unpaired) electrons. The number of carbonyl (C=O) groups excluding carboxylic acids is 1. The Morgan fingerprint density at radius 2 is 2.07 bits per heavy atom. The van der Waals surface area contributed by atoms with Gasteiger partial charge in [-0.2, -0.15) is 0 Å². The summed E-state index contributed by atoms with van der Waals surface area (Å²) in [5.74, 6) is 0.467. The normalized spacial score (nSPS) is 10.3. The monoisotopic (exact) mass is 207 g/mol. The van der Waals surface area contributed by atoms with Gasteiger partial charge in [0.15, 0.2) is 6.73 Å². The first-order valence-corrected chi connectivity index (χ1v) is 4.49. The van der Waals surface area contributed by atoms with Crippen molar-refractivity contribution < 1.29 is 14.3 Å². The maximum Gasteiger partial charge on any atom is 0.304 e.